The molecule has 3 fully saturated rings. The quantitative estimate of drug-likeness (QED) is 0.432. The molecule has 6 heterocycles. The van der Waals surface area contributed by atoms with Crippen molar-refractivity contribution in [3.05, 3.63) is 40.7 Å². The first-order chi connectivity index (χ1) is 16.4. The number of nitrogens with zero attached hydrogens (tertiary/aromatic N) is 4. The Labute approximate surface area is 203 Å². The van der Waals surface area contributed by atoms with E-state index >= 15 is 0 Å². The SMILES string of the molecule is Cc1cc(-c2[nH]c3cc(C4CC5CCCC4CN5CC(N)=O)sc3c2C(C)C)cn2ncnc12. The number of rotatable bonds is 5. The minimum atomic E-state index is -0.207. The number of fused-ring (bicyclic) bond motifs is 6. The van der Waals surface area contributed by atoms with Crippen LogP contribution in [0.25, 0.3) is 27.1 Å². The van der Waals surface area contributed by atoms with Crippen LogP contribution in [0.3, 0.4) is 0 Å². The van der Waals surface area contributed by atoms with Crippen LogP contribution in [0.5, 0.6) is 0 Å². The Hall–Kier alpha value is -2.71. The third-order valence-corrected chi connectivity index (χ3v) is 9.17. The predicted molar refractivity (Wildman–Crippen MR) is 136 cm³/mol. The summed E-state index contributed by atoms with van der Waals surface area (Å²) in [6.07, 6.45) is 8.48. The molecule has 1 amide bonds. The average molecular weight is 477 g/mol. The Morgan fingerprint density at radius 3 is 2.97 bits per heavy atom. The highest BCUT2D eigenvalue weighted by Crippen LogP contribution is 2.48. The zero-order valence-corrected chi connectivity index (χ0v) is 20.9. The van der Waals surface area contributed by atoms with Gasteiger partial charge in [0, 0.05) is 29.2 Å². The predicted octanol–water partition coefficient (Wildman–Crippen LogP) is 4.81. The first kappa shape index (κ1) is 21.8. The molecule has 1 aliphatic carbocycles. The van der Waals surface area contributed by atoms with Crippen molar-refractivity contribution in [1.29, 1.82) is 0 Å². The van der Waals surface area contributed by atoms with Gasteiger partial charge in [0.2, 0.25) is 5.91 Å². The van der Waals surface area contributed by atoms with Gasteiger partial charge in [-0.3, -0.25) is 9.69 Å². The lowest BCUT2D eigenvalue weighted by molar-refractivity contribution is -0.120. The number of carbonyl (C=O) groups excluding carboxylic acids is 1. The van der Waals surface area contributed by atoms with Crippen LogP contribution in [0.1, 0.15) is 67.4 Å². The van der Waals surface area contributed by atoms with Gasteiger partial charge in [-0.25, -0.2) is 9.50 Å². The molecule has 3 atom stereocenters. The summed E-state index contributed by atoms with van der Waals surface area (Å²) >= 11 is 1.97. The first-order valence-corrected chi connectivity index (χ1v) is 13.2. The van der Waals surface area contributed by atoms with Crippen molar-refractivity contribution in [3.8, 4) is 11.3 Å². The van der Waals surface area contributed by atoms with Crippen LogP contribution < -0.4 is 5.73 Å². The Morgan fingerprint density at radius 2 is 2.18 bits per heavy atom. The number of aromatic amines is 1. The van der Waals surface area contributed by atoms with Crippen LogP contribution in [0, 0.1) is 12.8 Å². The number of carbonyl (C=O) groups is 1. The molecule has 4 aromatic rings. The van der Waals surface area contributed by atoms with Crippen LogP contribution >= 0.6 is 11.3 Å². The van der Waals surface area contributed by atoms with Crippen molar-refractivity contribution in [2.24, 2.45) is 11.7 Å². The Kier molecular flexibility index (Phi) is 5.26. The van der Waals surface area contributed by atoms with E-state index in [1.54, 1.807) is 6.33 Å². The number of hydrogen-bond donors (Lipinski definition) is 2. The summed E-state index contributed by atoms with van der Waals surface area (Å²) in [5.41, 5.74) is 12.5. The summed E-state index contributed by atoms with van der Waals surface area (Å²) in [6.45, 7) is 8.04. The van der Waals surface area contributed by atoms with Crippen molar-refractivity contribution < 1.29 is 4.79 Å². The van der Waals surface area contributed by atoms with Crippen LogP contribution in [0.4, 0.5) is 0 Å². The molecule has 4 aromatic heterocycles. The molecule has 2 saturated heterocycles. The summed E-state index contributed by atoms with van der Waals surface area (Å²) in [7, 11) is 0. The van der Waals surface area contributed by atoms with Gasteiger partial charge in [0.05, 0.1) is 22.5 Å². The molecule has 7 nitrogen and oxygen atoms in total. The smallest absolute Gasteiger partial charge is 0.231 e. The monoisotopic (exact) mass is 476 g/mol. The standard InChI is InChI=1S/C26H32N6OS/c1-14(2)23-24(17-7-15(3)26-28-13-29-32(26)11-17)30-20-9-21(34-25(20)23)19-8-18-6-4-5-16(19)10-31(18)12-22(27)33/h7,9,11,13-14,16,18-19,30H,4-6,8,10,12H2,1-3H3,(H2,27,33). The van der Waals surface area contributed by atoms with E-state index in [2.05, 4.69) is 59.1 Å². The fraction of sp³-hybridized carbons (Fsp3) is 0.500. The Bertz CT molecular complexity index is 1380. The number of thiophene rings is 1. The van der Waals surface area contributed by atoms with E-state index in [4.69, 9.17) is 5.73 Å². The lowest BCUT2D eigenvalue weighted by Gasteiger charge is -2.40. The summed E-state index contributed by atoms with van der Waals surface area (Å²) in [5.74, 6) is 1.36. The fourth-order valence-corrected chi connectivity index (χ4v) is 7.89. The lowest BCUT2D eigenvalue weighted by Crippen LogP contribution is -2.47. The summed E-state index contributed by atoms with van der Waals surface area (Å²) in [6, 6.07) is 5.08. The number of piperidine rings is 1. The highest BCUT2D eigenvalue weighted by Gasteiger charge is 2.40. The largest absolute Gasteiger partial charge is 0.369 e. The van der Waals surface area contributed by atoms with E-state index < -0.39 is 0 Å². The van der Waals surface area contributed by atoms with Crippen LogP contribution in [0.15, 0.2) is 24.7 Å². The molecule has 3 aliphatic rings. The molecular weight excluding hydrogens is 444 g/mol. The van der Waals surface area contributed by atoms with Crippen LogP contribution in [-0.2, 0) is 4.79 Å². The highest BCUT2D eigenvalue weighted by molar-refractivity contribution is 7.19. The minimum absolute atomic E-state index is 0.207. The van der Waals surface area contributed by atoms with Gasteiger partial charge in [0.15, 0.2) is 5.65 Å². The fourth-order valence-electron chi connectivity index (χ4n) is 6.37. The van der Waals surface area contributed by atoms with Crippen molar-refractivity contribution in [2.75, 3.05) is 13.1 Å². The van der Waals surface area contributed by atoms with E-state index in [0.717, 1.165) is 29.7 Å². The molecule has 2 aliphatic heterocycles. The number of nitrogens with one attached hydrogen (secondary N) is 1. The van der Waals surface area contributed by atoms with E-state index in [1.807, 2.05) is 15.9 Å². The third kappa shape index (κ3) is 3.55. The highest BCUT2D eigenvalue weighted by atomic mass is 32.1. The van der Waals surface area contributed by atoms with E-state index in [1.165, 1.54) is 45.6 Å². The topological polar surface area (TPSA) is 92.3 Å². The maximum Gasteiger partial charge on any atom is 0.231 e. The Balaban J connectivity index is 1.38. The Morgan fingerprint density at radius 1 is 1.32 bits per heavy atom. The van der Waals surface area contributed by atoms with Gasteiger partial charge in [0.25, 0.3) is 0 Å². The number of pyridine rings is 1. The second-order valence-electron chi connectivity index (χ2n) is 10.5. The molecule has 3 unspecified atom stereocenters. The summed E-state index contributed by atoms with van der Waals surface area (Å²) in [5, 5.41) is 4.37. The van der Waals surface area contributed by atoms with Gasteiger partial charge in [-0.15, -0.1) is 11.3 Å². The number of nitrogens with two attached hydrogens (primary N) is 1. The molecule has 0 spiro atoms. The van der Waals surface area contributed by atoms with Gasteiger partial charge in [-0.05, 0) is 67.2 Å². The van der Waals surface area contributed by atoms with Crippen molar-refractivity contribution in [1.82, 2.24) is 24.5 Å². The molecule has 7 rings (SSSR count). The van der Waals surface area contributed by atoms with Gasteiger partial charge in [0.1, 0.15) is 6.33 Å². The zero-order chi connectivity index (χ0) is 23.6. The zero-order valence-electron chi connectivity index (χ0n) is 20.0. The number of hydrogen-bond acceptors (Lipinski definition) is 5. The molecule has 0 radical (unpaired) electrons. The second-order valence-corrected chi connectivity index (χ2v) is 11.6. The van der Waals surface area contributed by atoms with E-state index in [9.17, 15) is 4.79 Å². The van der Waals surface area contributed by atoms with Gasteiger partial charge in [-0.1, -0.05) is 20.3 Å². The molecule has 0 aromatic carbocycles. The molecule has 2 bridgehead atoms. The average Bonchev–Trinajstić information content (AvgIpc) is 3.42. The molecule has 34 heavy (non-hydrogen) atoms. The lowest BCUT2D eigenvalue weighted by atomic mass is 9.82. The maximum absolute atomic E-state index is 11.6. The van der Waals surface area contributed by atoms with Crippen molar-refractivity contribution in [3.63, 3.8) is 0 Å². The molecule has 8 heteroatoms. The van der Waals surface area contributed by atoms with Crippen molar-refractivity contribution >= 4 is 33.1 Å². The van der Waals surface area contributed by atoms with Crippen LogP contribution in [0.2, 0.25) is 0 Å². The number of aryl methyl sites for hydroxylation is 1. The van der Waals surface area contributed by atoms with Crippen LogP contribution in [-0.4, -0.2) is 49.5 Å². The van der Waals surface area contributed by atoms with Crippen molar-refractivity contribution in [2.45, 2.75) is 64.3 Å². The normalized spacial score (nSPS) is 23.4. The number of H-pyrrole nitrogens is 1. The number of aromatic nitrogens is 4. The molecule has 3 N–H and O–H groups in total. The van der Waals surface area contributed by atoms with E-state index in [0.29, 0.717) is 30.3 Å². The number of amides is 1. The molecule has 178 valence electrons. The van der Waals surface area contributed by atoms with E-state index in [-0.39, 0.29) is 5.91 Å². The van der Waals surface area contributed by atoms with Gasteiger partial charge >= 0.3 is 0 Å². The number of primary amides is 1. The first-order valence-electron chi connectivity index (χ1n) is 12.4. The molecule has 1 saturated carbocycles. The third-order valence-electron chi connectivity index (χ3n) is 7.87. The summed E-state index contributed by atoms with van der Waals surface area (Å²) in [4.78, 5) is 23.6. The molecular formula is C26H32N6OS. The minimum Gasteiger partial charge on any atom is -0.369 e. The summed E-state index contributed by atoms with van der Waals surface area (Å²) < 4.78 is 3.25. The van der Waals surface area contributed by atoms with Gasteiger partial charge < -0.3 is 10.7 Å². The maximum atomic E-state index is 11.6. The van der Waals surface area contributed by atoms with Gasteiger partial charge in [-0.2, -0.15) is 5.10 Å². The second kappa shape index (κ2) is 8.20.